The van der Waals surface area contributed by atoms with E-state index in [0.29, 0.717) is 11.1 Å². The average Bonchev–Trinajstić information content (AvgIpc) is 2.75. The second-order valence-corrected chi connectivity index (χ2v) is 9.08. The van der Waals surface area contributed by atoms with Crippen LogP contribution >= 0.6 is 0 Å². The van der Waals surface area contributed by atoms with Gasteiger partial charge in [-0.1, -0.05) is 6.42 Å². The molecule has 1 aliphatic heterocycles. The number of aliphatic hydroxyl groups excluding tert-OH is 2. The van der Waals surface area contributed by atoms with E-state index in [2.05, 4.69) is 0 Å². The summed E-state index contributed by atoms with van der Waals surface area (Å²) in [6.45, 7) is 1.41. The first-order chi connectivity index (χ1) is 14.8. The number of fused-ring (bicyclic) bond motifs is 2. The predicted molar refractivity (Wildman–Crippen MR) is 116 cm³/mol. The summed E-state index contributed by atoms with van der Waals surface area (Å²) in [6.07, 6.45) is 6.61. The number of likely N-dealkylation sites (N-methyl/N-ethyl adjacent to an activating group) is 1. The van der Waals surface area contributed by atoms with E-state index in [4.69, 9.17) is 14.3 Å². The van der Waals surface area contributed by atoms with Crippen LogP contribution in [0.1, 0.15) is 55.2 Å². The first kappa shape index (κ1) is 21.8. The first-order valence-electron chi connectivity index (χ1n) is 11.1. The molecular formula is C24H31NO6. The zero-order valence-electron chi connectivity index (χ0n) is 18.3. The van der Waals surface area contributed by atoms with E-state index >= 15 is 0 Å². The predicted octanol–water partition coefficient (Wildman–Crippen LogP) is 2.48. The molecule has 7 heteroatoms. The van der Waals surface area contributed by atoms with Crippen LogP contribution < -0.4 is 10.4 Å². The number of hydrogen-bond donors (Lipinski definition) is 2. The summed E-state index contributed by atoms with van der Waals surface area (Å²) >= 11 is 0. The van der Waals surface area contributed by atoms with Crippen molar-refractivity contribution in [2.24, 2.45) is 0 Å². The molecule has 1 saturated carbocycles. The van der Waals surface area contributed by atoms with Gasteiger partial charge in [0.05, 0.1) is 24.7 Å². The Hall–Kier alpha value is -2.38. The molecule has 1 aromatic carbocycles. The molecule has 1 fully saturated rings. The van der Waals surface area contributed by atoms with Crippen LogP contribution in [-0.2, 0) is 17.6 Å². The Balaban J connectivity index is 1.63. The minimum atomic E-state index is -1.01. The fourth-order valence-corrected chi connectivity index (χ4v) is 4.91. The second-order valence-electron chi connectivity index (χ2n) is 9.08. The number of benzene rings is 1. The molecule has 2 N–H and O–H groups in total. The van der Waals surface area contributed by atoms with E-state index in [1.165, 1.54) is 31.2 Å². The summed E-state index contributed by atoms with van der Waals surface area (Å²) in [6, 6.07) is 3.87. The van der Waals surface area contributed by atoms with Crippen molar-refractivity contribution >= 4 is 16.9 Å². The number of nitrogens with zero attached hydrogens (tertiary/aromatic N) is 1. The molecule has 31 heavy (non-hydrogen) atoms. The maximum Gasteiger partial charge on any atom is 0.340 e. The van der Waals surface area contributed by atoms with Gasteiger partial charge in [-0.25, -0.2) is 4.79 Å². The average molecular weight is 430 g/mol. The van der Waals surface area contributed by atoms with Crippen molar-refractivity contribution in [3.8, 4) is 5.75 Å². The Morgan fingerprint density at radius 2 is 1.97 bits per heavy atom. The van der Waals surface area contributed by atoms with Crippen molar-refractivity contribution in [3.63, 3.8) is 0 Å². The molecule has 1 aromatic heterocycles. The number of aliphatic hydroxyl groups is 2. The quantitative estimate of drug-likeness (QED) is 0.709. The molecular weight excluding hydrogens is 398 g/mol. The maximum absolute atomic E-state index is 12.7. The van der Waals surface area contributed by atoms with E-state index in [-0.39, 0.29) is 24.5 Å². The lowest BCUT2D eigenvalue weighted by Gasteiger charge is -2.41. The Labute approximate surface area is 181 Å². The summed E-state index contributed by atoms with van der Waals surface area (Å²) in [4.78, 5) is 26.5. The molecule has 2 heterocycles. The lowest BCUT2D eigenvalue weighted by Crippen LogP contribution is -2.41. The third kappa shape index (κ3) is 4.34. The van der Waals surface area contributed by atoms with Gasteiger partial charge in [0.2, 0.25) is 5.91 Å². The maximum atomic E-state index is 12.7. The van der Waals surface area contributed by atoms with Crippen LogP contribution in [0.15, 0.2) is 21.3 Å². The topological polar surface area (TPSA) is 100 Å². The highest BCUT2D eigenvalue weighted by Crippen LogP contribution is 2.43. The van der Waals surface area contributed by atoms with Crippen molar-refractivity contribution < 1.29 is 24.2 Å². The summed E-state index contributed by atoms with van der Waals surface area (Å²) in [5.74, 6) is 0.493. The third-order valence-electron chi connectivity index (χ3n) is 6.86. The van der Waals surface area contributed by atoms with Crippen LogP contribution in [0.25, 0.3) is 11.0 Å². The highest BCUT2D eigenvalue weighted by Gasteiger charge is 2.37. The van der Waals surface area contributed by atoms with Gasteiger partial charge in [-0.05, 0) is 62.6 Å². The molecule has 1 atom stereocenters. The molecule has 1 amide bonds. The molecule has 2 aromatic rings. The van der Waals surface area contributed by atoms with Gasteiger partial charge in [-0.3, -0.25) is 4.79 Å². The first-order valence-corrected chi connectivity index (χ1v) is 11.1. The van der Waals surface area contributed by atoms with Gasteiger partial charge < -0.3 is 24.3 Å². The number of rotatable bonds is 5. The largest absolute Gasteiger partial charge is 0.487 e. The van der Waals surface area contributed by atoms with Gasteiger partial charge in [-0.15, -0.1) is 0 Å². The van der Waals surface area contributed by atoms with Crippen molar-refractivity contribution in [2.45, 2.75) is 70.0 Å². The Kier molecular flexibility index (Phi) is 6.08. The smallest absolute Gasteiger partial charge is 0.340 e. The summed E-state index contributed by atoms with van der Waals surface area (Å²) in [7, 11) is 1.54. The lowest BCUT2D eigenvalue weighted by atomic mass is 9.79. The van der Waals surface area contributed by atoms with Gasteiger partial charge in [0, 0.05) is 25.0 Å². The molecule has 0 saturated heterocycles. The van der Waals surface area contributed by atoms with Crippen LogP contribution in [0, 0.1) is 6.92 Å². The monoisotopic (exact) mass is 429 g/mol. The zero-order chi connectivity index (χ0) is 22.2. The highest BCUT2D eigenvalue weighted by atomic mass is 16.5. The lowest BCUT2D eigenvalue weighted by molar-refractivity contribution is -0.130. The van der Waals surface area contributed by atoms with Crippen molar-refractivity contribution in [2.75, 3.05) is 20.2 Å². The molecule has 2 aliphatic rings. The summed E-state index contributed by atoms with van der Waals surface area (Å²) in [5, 5.41) is 19.4. The number of carbonyl (C=O) groups excluding carboxylic acids is 1. The molecule has 0 unspecified atom stereocenters. The fraction of sp³-hybridized carbons (Fsp3) is 0.583. The van der Waals surface area contributed by atoms with Gasteiger partial charge in [0.15, 0.2) is 0 Å². The van der Waals surface area contributed by atoms with Gasteiger partial charge in [0.25, 0.3) is 0 Å². The Morgan fingerprint density at radius 1 is 1.23 bits per heavy atom. The SMILES string of the molecule is Cc1c(CC(=O)N(C)C[C@@H](O)CO)c(=O)oc2cc3c(cc12)CCC1(CCCCC1)O3. The second kappa shape index (κ2) is 8.63. The fourth-order valence-electron chi connectivity index (χ4n) is 4.91. The number of hydrogen-bond acceptors (Lipinski definition) is 6. The van der Waals surface area contributed by atoms with Gasteiger partial charge in [-0.2, -0.15) is 0 Å². The highest BCUT2D eigenvalue weighted by molar-refractivity contribution is 5.86. The van der Waals surface area contributed by atoms with Crippen LogP contribution in [0.2, 0.25) is 0 Å². The molecule has 7 nitrogen and oxygen atoms in total. The van der Waals surface area contributed by atoms with Gasteiger partial charge >= 0.3 is 5.63 Å². The summed E-state index contributed by atoms with van der Waals surface area (Å²) in [5.41, 5.74) is 2.04. The summed E-state index contributed by atoms with van der Waals surface area (Å²) < 4.78 is 12.1. The van der Waals surface area contributed by atoms with Crippen molar-refractivity contribution in [1.29, 1.82) is 0 Å². The molecule has 0 bridgehead atoms. The van der Waals surface area contributed by atoms with Crippen LogP contribution in [-0.4, -0.2) is 52.9 Å². The van der Waals surface area contributed by atoms with Crippen molar-refractivity contribution in [3.05, 3.63) is 39.2 Å². The van der Waals surface area contributed by atoms with Crippen LogP contribution in [0.5, 0.6) is 5.75 Å². The van der Waals surface area contributed by atoms with Gasteiger partial charge in [0.1, 0.15) is 16.9 Å². The van der Waals surface area contributed by atoms with Crippen molar-refractivity contribution in [1.82, 2.24) is 4.90 Å². The Morgan fingerprint density at radius 3 is 2.68 bits per heavy atom. The Bertz CT molecular complexity index is 1040. The molecule has 0 radical (unpaired) electrons. The molecule has 1 spiro atoms. The zero-order valence-corrected chi connectivity index (χ0v) is 18.3. The standard InChI is InChI=1S/C24H31NO6/c1-15-18-10-16-6-9-24(7-4-3-5-8-24)31-20(16)12-21(18)30-23(29)19(15)11-22(28)25(2)13-17(27)14-26/h10,12,17,26-27H,3-9,11,13-14H2,1-2H3/t17-/m1/s1. The molecule has 1 aliphatic carbocycles. The molecule has 168 valence electrons. The number of aryl methyl sites for hydroxylation is 2. The normalized spacial score (nSPS) is 18.5. The minimum Gasteiger partial charge on any atom is -0.487 e. The van der Waals surface area contributed by atoms with E-state index in [9.17, 15) is 14.7 Å². The number of carbonyl (C=O) groups is 1. The third-order valence-corrected chi connectivity index (χ3v) is 6.86. The van der Waals surface area contributed by atoms with Crippen LogP contribution in [0.4, 0.5) is 0 Å². The van der Waals surface area contributed by atoms with E-state index in [1.54, 1.807) is 0 Å². The van der Waals surface area contributed by atoms with E-state index in [0.717, 1.165) is 47.9 Å². The molecule has 4 rings (SSSR count). The number of amides is 1. The minimum absolute atomic E-state index is 0.000107. The van der Waals surface area contributed by atoms with Crippen LogP contribution in [0.3, 0.4) is 0 Å². The number of ether oxygens (including phenoxy) is 1. The van der Waals surface area contributed by atoms with E-state index in [1.807, 2.05) is 19.1 Å². The van der Waals surface area contributed by atoms with E-state index < -0.39 is 18.3 Å².